The highest BCUT2D eigenvalue weighted by molar-refractivity contribution is 7.88. The van der Waals surface area contributed by atoms with Gasteiger partial charge < -0.3 is 5.73 Å². The molecule has 9 heteroatoms. The Balaban J connectivity index is 0.00000264. The summed E-state index contributed by atoms with van der Waals surface area (Å²) < 4.78 is 65.5. The average molecular weight is 373 g/mol. The third-order valence-corrected chi connectivity index (χ3v) is 5.11. The number of hydrogen-bond donors (Lipinski definition) is 2. The van der Waals surface area contributed by atoms with Gasteiger partial charge in [0, 0.05) is 12.1 Å². The second-order valence-corrected chi connectivity index (χ2v) is 7.41. The van der Waals surface area contributed by atoms with Gasteiger partial charge in [0.05, 0.1) is 11.3 Å². The molecule has 2 atom stereocenters. The molecule has 1 aromatic carbocycles. The molecule has 2 unspecified atom stereocenters. The van der Waals surface area contributed by atoms with Crippen LogP contribution in [0.5, 0.6) is 0 Å². The topological polar surface area (TPSA) is 72.2 Å². The molecule has 0 radical (unpaired) electrons. The fourth-order valence-corrected chi connectivity index (χ4v) is 4.22. The van der Waals surface area contributed by atoms with E-state index in [1.54, 1.807) is 0 Å². The quantitative estimate of drug-likeness (QED) is 0.853. The number of alkyl halides is 3. The van der Waals surface area contributed by atoms with Gasteiger partial charge in [-0.3, -0.25) is 0 Å². The predicted octanol–water partition coefficient (Wildman–Crippen LogP) is 2.82. The molecule has 0 heterocycles. The Labute approximate surface area is 140 Å². The first-order valence-electron chi connectivity index (χ1n) is 7.08. The first kappa shape index (κ1) is 20.2. The summed E-state index contributed by atoms with van der Waals surface area (Å²) in [5, 5.41) is 0. The maximum absolute atomic E-state index is 12.9. The van der Waals surface area contributed by atoms with Gasteiger partial charge >= 0.3 is 6.18 Å². The highest BCUT2D eigenvalue weighted by Crippen LogP contribution is 2.32. The van der Waals surface area contributed by atoms with Gasteiger partial charge in [0.1, 0.15) is 0 Å². The van der Waals surface area contributed by atoms with E-state index in [0.717, 1.165) is 18.9 Å². The lowest BCUT2D eigenvalue weighted by Crippen LogP contribution is -2.42. The lowest BCUT2D eigenvalue weighted by molar-refractivity contribution is -0.138. The Morgan fingerprint density at radius 2 is 1.87 bits per heavy atom. The van der Waals surface area contributed by atoms with Crippen LogP contribution in [-0.4, -0.2) is 20.5 Å². The average Bonchev–Trinajstić information content (AvgIpc) is 2.36. The van der Waals surface area contributed by atoms with Crippen LogP contribution in [0.3, 0.4) is 0 Å². The summed E-state index contributed by atoms with van der Waals surface area (Å²) in [5.74, 6) is -0.686. The van der Waals surface area contributed by atoms with Crippen molar-refractivity contribution in [1.82, 2.24) is 4.72 Å². The number of nitrogens with two attached hydrogens (primary N) is 1. The molecule has 1 aliphatic rings. The SMILES string of the molecule is Cl.NC1CCCC(NS(=O)(=O)Cc2ccccc2C(F)(F)F)C1. The van der Waals surface area contributed by atoms with Crippen molar-refractivity contribution in [2.45, 2.75) is 49.7 Å². The van der Waals surface area contributed by atoms with Gasteiger partial charge in [-0.1, -0.05) is 24.6 Å². The first-order valence-corrected chi connectivity index (χ1v) is 8.73. The molecule has 0 saturated heterocycles. The van der Waals surface area contributed by atoms with Crippen LogP contribution in [0.4, 0.5) is 13.2 Å². The Bertz CT molecular complexity index is 623. The Hall–Kier alpha value is -0.830. The third-order valence-electron chi connectivity index (χ3n) is 3.73. The molecule has 1 fully saturated rings. The van der Waals surface area contributed by atoms with Crippen molar-refractivity contribution in [3.05, 3.63) is 35.4 Å². The molecule has 1 saturated carbocycles. The maximum Gasteiger partial charge on any atom is 0.416 e. The number of halogens is 4. The van der Waals surface area contributed by atoms with Crippen LogP contribution in [0.1, 0.15) is 36.8 Å². The summed E-state index contributed by atoms with van der Waals surface area (Å²) in [6, 6.07) is 4.36. The van der Waals surface area contributed by atoms with Crippen molar-refractivity contribution < 1.29 is 21.6 Å². The summed E-state index contributed by atoms with van der Waals surface area (Å²) in [6.45, 7) is 0. The summed E-state index contributed by atoms with van der Waals surface area (Å²) in [5.41, 5.74) is 4.63. The smallest absolute Gasteiger partial charge is 0.328 e. The van der Waals surface area contributed by atoms with Crippen LogP contribution in [0.2, 0.25) is 0 Å². The van der Waals surface area contributed by atoms with Crippen LogP contribution in [0, 0.1) is 0 Å². The normalized spacial score (nSPS) is 22.4. The monoisotopic (exact) mass is 372 g/mol. The molecule has 0 spiro atoms. The molecular formula is C14H20ClF3N2O2S. The van der Waals surface area contributed by atoms with E-state index in [1.807, 2.05) is 0 Å². The van der Waals surface area contributed by atoms with Gasteiger partial charge in [0.15, 0.2) is 0 Å². The Morgan fingerprint density at radius 3 is 2.48 bits per heavy atom. The lowest BCUT2D eigenvalue weighted by Gasteiger charge is -2.27. The second kappa shape index (κ2) is 7.83. The number of sulfonamides is 1. The maximum atomic E-state index is 12.9. The molecule has 0 aliphatic heterocycles. The molecule has 0 aromatic heterocycles. The number of hydrogen-bond acceptors (Lipinski definition) is 3. The van der Waals surface area contributed by atoms with E-state index >= 15 is 0 Å². The van der Waals surface area contributed by atoms with E-state index < -0.39 is 27.5 Å². The minimum atomic E-state index is -4.57. The largest absolute Gasteiger partial charge is 0.416 e. The van der Waals surface area contributed by atoms with Gasteiger partial charge in [-0.25, -0.2) is 13.1 Å². The fraction of sp³-hybridized carbons (Fsp3) is 0.571. The molecule has 132 valence electrons. The third kappa shape index (κ3) is 5.95. The summed E-state index contributed by atoms with van der Waals surface area (Å²) in [4.78, 5) is 0. The molecule has 1 aromatic rings. The lowest BCUT2D eigenvalue weighted by atomic mass is 9.92. The zero-order chi connectivity index (χ0) is 16.4. The zero-order valence-corrected chi connectivity index (χ0v) is 14.0. The highest BCUT2D eigenvalue weighted by Gasteiger charge is 2.34. The van der Waals surface area contributed by atoms with E-state index in [-0.39, 0.29) is 30.1 Å². The fourth-order valence-electron chi connectivity index (χ4n) is 2.76. The summed E-state index contributed by atoms with van der Waals surface area (Å²) in [7, 11) is -3.85. The van der Waals surface area contributed by atoms with Gasteiger partial charge in [-0.2, -0.15) is 13.2 Å². The van der Waals surface area contributed by atoms with Gasteiger partial charge in [0.2, 0.25) is 10.0 Å². The van der Waals surface area contributed by atoms with Crippen LogP contribution in [-0.2, 0) is 22.0 Å². The predicted molar refractivity (Wildman–Crippen MR) is 84.7 cm³/mol. The summed E-state index contributed by atoms with van der Waals surface area (Å²) in [6.07, 6.45) is -1.74. The van der Waals surface area contributed by atoms with Crippen molar-refractivity contribution in [2.24, 2.45) is 5.73 Å². The van der Waals surface area contributed by atoms with Crippen molar-refractivity contribution in [2.75, 3.05) is 0 Å². The molecular weight excluding hydrogens is 353 g/mol. The van der Waals surface area contributed by atoms with E-state index in [4.69, 9.17) is 5.73 Å². The molecule has 2 rings (SSSR count). The van der Waals surface area contributed by atoms with Crippen LogP contribution >= 0.6 is 12.4 Å². The van der Waals surface area contributed by atoms with Crippen molar-refractivity contribution in [1.29, 1.82) is 0 Å². The van der Waals surface area contributed by atoms with Crippen LogP contribution in [0.15, 0.2) is 24.3 Å². The molecule has 1 aliphatic carbocycles. The number of rotatable bonds is 4. The molecule has 0 bridgehead atoms. The van der Waals surface area contributed by atoms with E-state index in [1.165, 1.54) is 18.2 Å². The number of benzene rings is 1. The van der Waals surface area contributed by atoms with Crippen LogP contribution in [0.25, 0.3) is 0 Å². The second-order valence-electron chi connectivity index (χ2n) is 5.66. The minimum absolute atomic E-state index is 0. The minimum Gasteiger partial charge on any atom is -0.328 e. The highest BCUT2D eigenvalue weighted by atomic mass is 35.5. The van der Waals surface area contributed by atoms with Crippen molar-refractivity contribution >= 4 is 22.4 Å². The Morgan fingerprint density at radius 1 is 1.22 bits per heavy atom. The van der Waals surface area contributed by atoms with Gasteiger partial charge in [-0.15, -0.1) is 12.4 Å². The molecule has 0 amide bonds. The van der Waals surface area contributed by atoms with Gasteiger partial charge in [0.25, 0.3) is 0 Å². The van der Waals surface area contributed by atoms with E-state index in [9.17, 15) is 21.6 Å². The molecule has 3 N–H and O–H groups in total. The molecule has 4 nitrogen and oxygen atoms in total. The first-order chi connectivity index (χ1) is 10.2. The summed E-state index contributed by atoms with van der Waals surface area (Å²) >= 11 is 0. The number of nitrogens with one attached hydrogen (secondary N) is 1. The zero-order valence-electron chi connectivity index (χ0n) is 12.3. The standard InChI is InChI=1S/C14H19F3N2O2S.ClH/c15-14(16,17)13-7-2-1-4-10(13)9-22(20,21)19-12-6-3-5-11(18)8-12;/h1-2,4,7,11-12,19H,3,5-6,8-9,18H2;1H. The molecule has 23 heavy (non-hydrogen) atoms. The van der Waals surface area contributed by atoms with E-state index in [2.05, 4.69) is 4.72 Å². The van der Waals surface area contributed by atoms with E-state index in [0.29, 0.717) is 12.8 Å². The van der Waals surface area contributed by atoms with Gasteiger partial charge in [-0.05, 0) is 30.9 Å². The Kier molecular flexibility index (Phi) is 6.88. The van der Waals surface area contributed by atoms with Crippen molar-refractivity contribution in [3.8, 4) is 0 Å². The van der Waals surface area contributed by atoms with Crippen molar-refractivity contribution in [3.63, 3.8) is 0 Å². The van der Waals surface area contributed by atoms with Crippen LogP contribution < -0.4 is 10.5 Å².